The van der Waals surface area contributed by atoms with Gasteiger partial charge in [-0.2, -0.15) is 0 Å². The van der Waals surface area contributed by atoms with Crippen molar-refractivity contribution in [2.75, 3.05) is 6.61 Å². The lowest BCUT2D eigenvalue weighted by molar-refractivity contribution is 0.216. The van der Waals surface area contributed by atoms with E-state index in [1.807, 2.05) is 19.1 Å². The third-order valence-corrected chi connectivity index (χ3v) is 4.23. The monoisotopic (exact) mass is 324 g/mol. The van der Waals surface area contributed by atoms with Crippen LogP contribution in [-0.2, 0) is 6.54 Å². The van der Waals surface area contributed by atoms with Crippen molar-refractivity contribution in [1.82, 2.24) is 10.6 Å². The van der Waals surface area contributed by atoms with E-state index >= 15 is 0 Å². The Labute approximate surface area is 132 Å². The number of aryl methyl sites for hydroxylation is 1. The quantitative estimate of drug-likeness (QED) is 0.790. The number of carbonyl (C=O) groups excluding carboxylic acids is 1. The van der Waals surface area contributed by atoms with Crippen LogP contribution in [-0.4, -0.2) is 17.7 Å². The molecule has 0 aliphatic carbocycles. The fourth-order valence-electron chi connectivity index (χ4n) is 1.89. The van der Waals surface area contributed by atoms with Crippen molar-refractivity contribution >= 4 is 29.0 Å². The van der Waals surface area contributed by atoms with Gasteiger partial charge in [-0.3, -0.25) is 0 Å². The minimum absolute atomic E-state index is 0.173. The van der Waals surface area contributed by atoms with Crippen LogP contribution in [0.1, 0.15) is 21.4 Å². The van der Waals surface area contributed by atoms with Crippen molar-refractivity contribution in [3.05, 3.63) is 56.7 Å². The van der Waals surface area contributed by atoms with E-state index in [0.29, 0.717) is 11.6 Å². The van der Waals surface area contributed by atoms with Crippen LogP contribution < -0.4 is 10.6 Å². The smallest absolute Gasteiger partial charge is 0.315 e. The molecule has 4 nitrogen and oxygen atoms in total. The lowest BCUT2D eigenvalue weighted by Gasteiger charge is -2.17. The summed E-state index contributed by atoms with van der Waals surface area (Å²) in [5.41, 5.74) is 0.809. The van der Waals surface area contributed by atoms with Crippen LogP contribution >= 0.6 is 22.9 Å². The molecule has 1 aromatic heterocycles. The maximum atomic E-state index is 11.9. The summed E-state index contributed by atoms with van der Waals surface area (Å²) in [4.78, 5) is 14.2. The Hall–Kier alpha value is -1.56. The fourth-order valence-corrected chi connectivity index (χ4v) is 2.84. The van der Waals surface area contributed by atoms with Crippen LogP contribution in [0.5, 0.6) is 0 Å². The molecule has 0 spiro atoms. The second-order valence-electron chi connectivity index (χ2n) is 4.63. The summed E-state index contributed by atoms with van der Waals surface area (Å²) in [6.45, 7) is 2.33. The van der Waals surface area contributed by atoms with Gasteiger partial charge in [-0.25, -0.2) is 4.79 Å². The summed E-state index contributed by atoms with van der Waals surface area (Å²) in [5.74, 6) is 0. The summed E-state index contributed by atoms with van der Waals surface area (Å²) in [6, 6.07) is 10.3. The van der Waals surface area contributed by atoms with E-state index in [9.17, 15) is 9.90 Å². The Morgan fingerprint density at radius 2 is 2.00 bits per heavy atom. The highest BCUT2D eigenvalue weighted by molar-refractivity contribution is 7.11. The van der Waals surface area contributed by atoms with Crippen LogP contribution in [0.4, 0.5) is 4.79 Å². The average molecular weight is 325 g/mol. The summed E-state index contributed by atoms with van der Waals surface area (Å²) >= 11 is 7.47. The third-order valence-electron chi connectivity index (χ3n) is 2.98. The lowest BCUT2D eigenvalue weighted by Crippen LogP contribution is -2.38. The Morgan fingerprint density at radius 3 is 2.57 bits per heavy atom. The molecule has 1 heterocycles. The molecule has 1 aromatic carbocycles. The van der Waals surface area contributed by atoms with Gasteiger partial charge in [0, 0.05) is 14.8 Å². The minimum Gasteiger partial charge on any atom is -0.394 e. The first-order chi connectivity index (χ1) is 10.1. The molecule has 0 saturated heterocycles. The van der Waals surface area contributed by atoms with Crippen LogP contribution in [0.15, 0.2) is 36.4 Å². The molecule has 21 heavy (non-hydrogen) atoms. The zero-order valence-corrected chi connectivity index (χ0v) is 13.2. The molecule has 1 unspecified atom stereocenters. The molecule has 2 aromatic rings. The molecule has 112 valence electrons. The summed E-state index contributed by atoms with van der Waals surface area (Å²) in [6.07, 6.45) is 0. The van der Waals surface area contributed by atoms with Crippen LogP contribution in [0.25, 0.3) is 0 Å². The predicted molar refractivity (Wildman–Crippen MR) is 85.7 cm³/mol. The van der Waals surface area contributed by atoms with Crippen molar-refractivity contribution in [2.24, 2.45) is 0 Å². The van der Waals surface area contributed by atoms with Gasteiger partial charge in [0.05, 0.1) is 19.2 Å². The number of hydrogen-bond donors (Lipinski definition) is 3. The fraction of sp³-hybridized carbons (Fsp3) is 0.267. The van der Waals surface area contributed by atoms with Crippen molar-refractivity contribution in [3.63, 3.8) is 0 Å². The Bertz CT molecular complexity index is 598. The number of rotatable bonds is 5. The zero-order chi connectivity index (χ0) is 15.2. The SMILES string of the molecule is Cc1ccc(CNC(=O)NC(CO)c2ccc(Cl)cc2)s1. The number of amides is 2. The summed E-state index contributed by atoms with van der Waals surface area (Å²) in [5, 5.41) is 15.6. The molecular weight excluding hydrogens is 308 g/mol. The molecule has 0 saturated carbocycles. The number of aliphatic hydroxyl groups excluding tert-OH is 1. The maximum Gasteiger partial charge on any atom is 0.315 e. The number of hydrogen-bond acceptors (Lipinski definition) is 3. The minimum atomic E-state index is -0.452. The van der Waals surface area contributed by atoms with Gasteiger partial charge >= 0.3 is 6.03 Å². The van der Waals surface area contributed by atoms with Gasteiger partial charge in [0.1, 0.15) is 0 Å². The Balaban J connectivity index is 1.89. The molecule has 2 amide bonds. The van der Waals surface area contributed by atoms with Crippen molar-refractivity contribution in [2.45, 2.75) is 19.5 Å². The zero-order valence-electron chi connectivity index (χ0n) is 11.6. The molecular formula is C15H17ClN2O2S. The van der Waals surface area contributed by atoms with Gasteiger partial charge in [0.2, 0.25) is 0 Å². The number of benzene rings is 1. The highest BCUT2D eigenvalue weighted by atomic mass is 35.5. The molecule has 2 rings (SSSR count). The number of urea groups is 1. The molecule has 0 fully saturated rings. The second-order valence-corrected chi connectivity index (χ2v) is 6.43. The molecule has 0 aliphatic rings. The highest BCUT2D eigenvalue weighted by Gasteiger charge is 2.13. The van der Waals surface area contributed by atoms with Crippen LogP contribution in [0, 0.1) is 6.92 Å². The third kappa shape index (κ3) is 4.74. The number of thiophene rings is 1. The second kappa shape index (κ2) is 7.45. The van der Waals surface area contributed by atoms with Gasteiger partial charge in [-0.1, -0.05) is 23.7 Å². The molecule has 0 radical (unpaired) electrons. The van der Waals surface area contributed by atoms with Gasteiger partial charge in [-0.05, 0) is 36.8 Å². The number of carbonyl (C=O) groups is 1. The Morgan fingerprint density at radius 1 is 1.29 bits per heavy atom. The first-order valence-corrected chi connectivity index (χ1v) is 7.74. The summed E-state index contributed by atoms with van der Waals surface area (Å²) in [7, 11) is 0. The Kier molecular flexibility index (Phi) is 5.61. The van der Waals surface area contributed by atoms with Gasteiger partial charge in [-0.15, -0.1) is 11.3 Å². The topological polar surface area (TPSA) is 61.4 Å². The van der Waals surface area contributed by atoms with E-state index in [-0.39, 0.29) is 12.6 Å². The number of halogens is 1. The number of aliphatic hydroxyl groups is 1. The molecule has 3 N–H and O–H groups in total. The van der Waals surface area contributed by atoms with E-state index in [1.165, 1.54) is 4.88 Å². The van der Waals surface area contributed by atoms with Crippen LogP contribution in [0.3, 0.4) is 0 Å². The van der Waals surface area contributed by atoms with E-state index < -0.39 is 6.04 Å². The van der Waals surface area contributed by atoms with Crippen molar-refractivity contribution in [3.8, 4) is 0 Å². The van der Waals surface area contributed by atoms with Crippen LogP contribution in [0.2, 0.25) is 5.02 Å². The van der Waals surface area contributed by atoms with E-state index in [4.69, 9.17) is 11.6 Å². The standard InChI is InChI=1S/C15H17ClN2O2S/c1-10-2-7-13(21-10)8-17-15(20)18-14(9-19)11-3-5-12(16)6-4-11/h2-7,14,19H,8-9H2,1H3,(H2,17,18,20). The van der Waals surface area contributed by atoms with Crippen molar-refractivity contribution in [1.29, 1.82) is 0 Å². The number of nitrogens with one attached hydrogen (secondary N) is 2. The molecule has 1 atom stereocenters. The summed E-state index contributed by atoms with van der Waals surface area (Å²) < 4.78 is 0. The average Bonchev–Trinajstić information content (AvgIpc) is 2.89. The van der Waals surface area contributed by atoms with Gasteiger partial charge < -0.3 is 15.7 Å². The largest absolute Gasteiger partial charge is 0.394 e. The molecule has 0 bridgehead atoms. The first kappa shape index (κ1) is 15.8. The van der Waals surface area contributed by atoms with Gasteiger partial charge in [0.25, 0.3) is 0 Å². The predicted octanol–water partition coefficient (Wildman–Crippen LogP) is 3.24. The van der Waals surface area contributed by atoms with Crippen molar-refractivity contribution < 1.29 is 9.90 Å². The van der Waals surface area contributed by atoms with E-state index in [0.717, 1.165) is 10.4 Å². The maximum absolute atomic E-state index is 11.9. The lowest BCUT2D eigenvalue weighted by atomic mass is 10.1. The molecule has 6 heteroatoms. The normalized spacial score (nSPS) is 12.0. The highest BCUT2D eigenvalue weighted by Crippen LogP contribution is 2.17. The van der Waals surface area contributed by atoms with Gasteiger partial charge in [0.15, 0.2) is 0 Å². The molecule has 0 aliphatic heterocycles. The van der Waals surface area contributed by atoms with E-state index in [2.05, 4.69) is 10.6 Å². The van der Waals surface area contributed by atoms with E-state index in [1.54, 1.807) is 35.6 Å². The first-order valence-electron chi connectivity index (χ1n) is 6.54.